The minimum atomic E-state index is -3.32. The highest BCUT2D eigenvalue weighted by molar-refractivity contribution is 9.08. The fraction of sp³-hybridized carbons (Fsp3) is 0.150. The number of hydrogen-bond acceptors (Lipinski definition) is 5. The van der Waals surface area contributed by atoms with Crippen molar-refractivity contribution in [2.45, 2.75) is 10.2 Å². The number of sulfone groups is 1. The van der Waals surface area contributed by atoms with E-state index in [4.69, 9.17) is 4.74 Å². The average Bonchev–Trinajstić information content (AvgIpc) is 3.07. The summed E-state index contributed by atoms with van der Waals surface area (Å²) in [4.78, 5) is 13.7. The molecule has 0 bridgehead atoms. The van der Waals surface area contributed by atoms with E-state index < -0.39 is 15.8 Å². The molecule has 8 heteroatoms. The Morgan fingerprint density at radius 2 is 1.64 bits per heavy atom. The van der Waals surface area contributed by atoms with E-state index in [0.29, 0.717) is 10.2 Å². The molecule has 0 radical (unpaired) electrons. The van der Waals surface area contributed by atoms with Crippen LogP contribution >= 0.6 is 27.3 Å². The minimum Gasteiger partial charge on any atom is -0.465 e. The van der Waals surface area contributed by atoms with Crippen molar-refractivity contribution in [2.75, 3.05) is 13.4 Å². The molecule has 2 aromatic carbocycles. The number of carbonyl (C=O) groups excluding carboxylic acids is 1. The van der Waals surface area contributed by atoms with Gasteiger partial charge in [0.15, 0.2) is 9.84 Å². The first-order valence-corrected chi connectivity index (χ1v) is 12.0. The zero-order chi connectivity index (χ0) is 20.5. The molecule has 0 fully saturated rings. The molecular weight excluding hydrogens is 467 g/mol. The molecule has 4 nitrogen and oxygen atoms in total. The topological polar surface area (TPSA) is 60.4 Å². The molecule has 0 aliphatic rings. The third kappa shape index (κ3) is 4.04. The lowest BCUT2D eigenvalue weighted by atomic mass is 9.98. The van der Waals surface area contributed by atoms with E-state index >= 15 is 0 Å². The van der Waals surface area contributed by atoms with Gasteiger partial charge in [-0.3, -0.25) is 0 Å². The number of hydrogen-bond donors (Lipinski definition) is 0. The summed E-state index contributed by atoms with van der Waals surface area (Å²) in [7, 11) is -2.00. The fourth-order valence-corrected chi connectivity index (χ4v) is 5.47. The van der Waals surface area contributed by atoms with Crippen LogP contribution in [0.1, 0.15) is 15.2 Å². The van der Waals surface area contributed by atoms with Gasteiger partial charge in [-0.05, 0) is 41.0 Å². The van der Waals surface area contributed by atoms with Gasteiger partial charge in [0, 0.05) is 22.0 Å². The van der Waals surface area contributed by atoms with E-state index in [1.807, 2.05) is 0 Å². The Labute approximate surface area is 175 Å². The van der Waals surface area contributed by atoms with Crippen LogP contribution in [0.2, 0.25) is 0 Å². The first-order valence-electron chi connectivity index (χ1n) is 8.12. The second kappa shape index (κ2) is 8.14. The second-order valence-electron chi connectivity index (χ2n) is 6.04. The number of carbonyl (C=O) groups is 1. The lowest BCUT2D eigenvalue weighted by Gasteiger charge is -2.09. The molecule has 0 saturated carbocycles. The minimum absolute atomic E-state index is 0.211. The number of esters is 1. The van der Waals surface area contributed by atoms with Crippen molar-refractivity contribution in [2.24, 2.45) is 0 Å². The summed E-state index contributed by atoms with van der Waals surface area (Å²) in [6.07, 6.45) is 1.15. The molecule has 0 unspecified atom stereocenters. The molecule has 0 aliphatic heterocycles. The highest BCUT2D eigenvalue weighted by atomic mass is 79.9. The standard InChI is InChI=1S/C20H16BrFO4S2/c1-26-20(23)19-16(11-21)17(12-5-9-15(10-6-12)28(2,24)25)18(27-19)13-3-7-14(22)8-4-13/h3-10H,11H2,1-2H3. The number of rotatable bonds is 5. The quantitative estimate of drug-likeness (QED) is 0.365. The van der Waals surface area contributed by atoms with E-state index in [2.05, 4.69) is 15.9 Å². The van der Waals surface area contributed by atoms with Crippen molar-refractivity contribution in [1.82, 2.24) is 0 Å². The SMILES string of the molecule is COC(=O)c1sc(-c2ccc(F)cc2)c(-c2ccc(S(C)(=O)=O)cc2)c1CBr. The van der Waals surface area contributed by atoms with E-state index in [1.54, 1.807) is 24.3 Å². The molecule has 0 amide bonds. The lowest BCUT2D eigenvalue weighted by molar-refractivity contribution is 0.0605. The summed E-state index contributed by atoms with van der Waals surface area (Å²) >= 11 is 4.70. The molecule has 1 heterocycles. The summed E-state index contributed by atoms with van der Waals surface area (Å²) in [5, 5.41) is 0.401. The van der Waals surface area contributed by atoms with E-state index in [1.165, 1.54) is 42.7 Å². The smallest absolute Gasteiger partial charge is 0.348 e. The van der Waals surface area contributed by atoms with Gasteiger partial charge in [-0.2, -0.15) is 0 Å². The summed E-state index contributed by atoms with van der Waals surface area (Å²) < 4.78 is 41.8. The van der Waals surface area contributed by atoms with Gasteiger partial charge < -0.3 is 4.74 Å². The van der Waals surface area contributed by atoms with Gasteiger partial charge in [-0.25, -0.2) is 17.6 Å². The van der Waals surface area contributed by atoms with Gasteiger partial charge in [0.2, 0.25) is 0 Å². The maximum atomic E-state index is 13.4. The Morgan fingerprint density at radius 3 is 2.14 bits per heavy atom. The summed E-state index contributed by atoms with van der Waals surface area (Å²) in [5.74, 6) is -0.810. The van der Waals surface area contributed by atoms with Crippen LogP contribution in [0.5, 0.6) is 0 Å². The predicted molar refractivity (Wildman–Crippen MR) is 112 cm³/mol. The Balaban J connectivity index is 2.26. The zero-order valence-corrected chi connectivity index (χ0v) is 18.3. The normalized spacial score (nSPS) is 11.4. The van der Waals surface area contributed by atoms with Crippen molar-refractivity contribution < 1.29 is 22.3 Å². The Morgan fingerprint density at radius 1 is 1.07 bits per heavy atom. The van der Waals surface area contributed by atoms with Gasteiger partial charge in [0.05, 0.1) is 12.0 Å². The molecule has 3 aromatic rings. The number of halogens is 2. The molecule has 0 N–H and O–H groups in total. The molecule has 0 atom stereocenters. The molecular formula is C20H16BrFO4S2. The van der Waals surface area contributed by atoms with E-state index in [-0.39, 0.29) is 10.7 Å². The van der Waals surface area contributed by atoms with Crippen LogP contribution in [0.15, 0.2) is 53.4 Å². The number of alkyl halides is 1. The molecule has 3 rings (SSSR count). The summed E-state index contributed by atoms with van der Waals surface area (Å²) in [5.41, 5.74) is 3.04. The van der Waals surface area contributed by atoms with Gasteiger partial charge in [-0.1, -0.05) is 40.2 Å². The number of benzene rings is 2. The van der Waals surface area contributed by atoms with Crippen LogP contribution in [0.3, 0.4) is 0 Å². The Hall–Kier alpha value is -2.03. The largest absolute Gasteiger partial charge is 0.465 e. The fourth-order valence-electron chi connectivity index (χ4n) is 2.83. The van der Waals surface area contributed by atoms with Crippen LogP contribution in [0.4, 0.5) is 4.39 Å². The summed E-state index contributed by atoms with van der Waals surface area (Å²) in [6, 6.07) is 12.5. The van der Waals surface area contributed by atoms with Crippen LogP contribution in [-0.2, 0) is 19.9 Å². The third-order valence-electron chi connectivity index (χ3n) is 4.19. The number of thiophene rings is 1. The Kier molecular flexibility index (Phi) is 6.02. The number of ether oxygens (including phenoxy) is 1. The van der Waals surface area contributed by atoms with Gasteiger partial charge in [-0.15, -0.1) is 11.3 Å². The van der Waals surface area contributed by atoms with Gasteiger partial charge in [0.25, 0.3) is 0 Å². The van der Waals surface area contributed by atoms with Crippen molar-refractivity contribution in [1.29, 1.82) is 0 Å². The molecule has 146 valence electrons. The second-order valence-corrected chi connectivity index (χ2v) is 9.64. The van der Waals surface area contributed by atoms with Crippen LogP contribution in [0.25, 0.3) is 21.6 Å². The van der Waals surface area contributed by atoms with Crippen molar-refractivity contribution in [3.05, 3.63) is 64.8 Å². The highest BCUT2D eigenvalue weighted by Gasteiger charge is 2.24. The van der Waals surface area contributed by atoms with Gasteiger partial charge in [0.1, 0.15) is 10.7 Å². The molecule has 0 spiro atoms. The molecule has 1 aromatic heterocycles. The predicted octanol–water partition coefficient (Wildman–Crippen LogP) is 5.31. The maximum absolute atomic E-state index is 13.4. The van der Waals surface area contributed by atoms with Crippen LogP contribution < -0.4 is 0 Å². The average molecular weight is 483 g/mol. The first kappa shape index (κ1) is 20.7. The maximum Gasteiger partial charge on any atom is 0.348 e. The third-order valence-corrected chi connectivity index (χ3v) is 7.14. The van der Waals surface area contributed by atoms with E-state index in [0.717, 1.165) is 33.4 Å². The van der Waals surface area contributed by atoms with Crippen molar-refractivity contribution >= 4 is 43.1 Å². The van der Waals surface area contributed by atoms with Crippen LogP contribution in [0, 0.1) is 5.82 Å². The zero-order valence-electron chi connectivity index (χ0n) is 15.0. The van der Waals surface area contributed by atoms with Crippen molar-refractivity contribution in [3.8, 4) is 21.6 Å². The lowest BCUT2D eigenvalue weighted by Crippen LogP contribution is -2.01. The number of methoxy groups -OCH3 is 1. The highest BCUT2D eigenvalue weighted by Crippen LogP contribution is 2.44. The van der Waals surface area contributed by atoms with Crippen LogP contribution in [-0.4, -0.2) is 27.8 Å². The van der Waals surface area contributed by atoms with Crippen molar-refractivity contribution in [3.63, 3.8) is 0 Å². The molecule has 28 heavy (non-hydrogen) atoms. The summed E-state index contributed by atoms with van der Waals surface area (Å²) in [6.45, 7) is 0. The molecule has 0 aliphatic carbocycles. The molecule has 0 saturated heterocycles. The van der Waals surface area contributed by atoms with Gasteiger partial charge >= 0.3 is 5.97 Å². The monoisotopic (exact) mass is 482 g/mol. The van der Waals surface area contributed by atoms with E-state index in [9.17, 15) is 17.6 Å². The first-order chi connectivity index (χ1) is 13.3. The Bertz CT molecular complexity index is 1120.